The molecule has 0 atom stereocenters. The molecule has 0 heterocycles. The highest BCUT2D eigenvalue weighted by Crippen LogP contribution is 2.23. The predicted octanol–water partition coefficient (Wildman–Crippen LogP) is 6.17. The molecule has 0 spiro atoms. The van der Waals surface area contributed by atoms with Crippen molar-refractivity contribution in [3.8, 4) is 11.5 Å². The lowest BCUT2D eigenvalue weighted by molar-refractivity contribution is -0.123. The van der Waals surface area contributed by atoms with E-state index in [0.29, 0.717) is 48.9 Å². The molecule has 36 heavy (non-hydrogen) atoms. The number of benzene rings is 2. The van der Waals surface area contributed by atoms with Gasteiger partial charge in [0.2, 0.25) is 11.8 Å². The summed E-state index contributed by atoms with van der Waals surface area (Å²) < 4.78 is 11.5. The SMILES string of the molecule is Cc1cc(Cl)ccc1OCCCC(=O)NC1CCC(NC(=O)CCCOc2ccc(Cl)cc2C)CC1. The molecule has 196 valence electrons. The van der Waals surface area contributed by atoms with Crippen LogP contribution in [-0.4, -0.2) is 37.1 Å². The van der Waals surface area contributed by atoms with Gasteiger partial charge in [-0.3, -0.25) is 9.59 Å². The van der Waals surface area contributed by atoms with E-state index in [-0.39, 0.29) is 23.9 Å². The molecule has 1 fully saturated rings. The minimum atomic E-state index is 0.0508. The summed E-state index contributed by atoms with van der Waals surface area (Å²) in [6, 6.07) is 11.4. The van der Waals surface area contributed by atoms with Crippen LogP contribution in [-0.2, 0) is 9.59 Å². The Morgan fingerprint density at radius 3 is 1.50 bits per heavy atom. The van der Waals surface area contributed by atoms with Crippen LogP contribution in [0, 0.1) is 13.8 Å². The van der Waals surface area contributed by atoms with Crippen LogP contribution in [0.5, 0.6) is 11.5 Å². The molecule has 0 unspecified atom stereocenters. The van der Waals surface area contributed by atoms with Gasteiger partial charge in [-0.05, 0) is 99.9 Å². The zero-order valence-electron chi connectivity index (χ0n) is 21.1. The van der Waals surface area contributed by atoms with Crippen LogP contribution >= 0.6 is 23.2 Å². The summed E-state index contributed by atoms with van der Waals surface area (Å²) in [5.74, 6) is 1.69. The van der Waals surface area contributed by atoms with Gasteiger partial charge in [-0.25, -0.2) is 0 Å². The fourth-order valence-corrected chi connectivity index (χ4v) is 4.81. The molecule has 2 N–H and O–H groups in total. The summed E-state index contributed by atoms with van der Waals surface area (Å²) in [5.41, 5.74) is 1.97. The number of carbonyl (C=O) groups is 2. The lowest BCUT2D eigenvalue weighted by Gasteiger charge is -2.29. The van der Waals surface area contributed by atoms with E-state index in [1.165, 1.54) is 0 Å². The number of aryl methyl sites for hydroxylation is 2. The van der Waals surface area contributed by atoms with Gasteiger partial charge in [-0.15, -0.1) is 0 Å². The monoisotopic (exact) mass is 534 g/mol. The molecule has 1 aliphatic rings. The molecule has 0 radical (unpaired) electrons. The van der Waals surface area contributed by atoms with Crippen LogP contribution in [0.2, 0.25) is 10.0 Å². The van der Waals surface area contributed by atoms with Crippen molar-refractivity contribution in [3.63, 3.8) is 0 Å². The van der Waals surface area contributed by atoms with Crippen molar-refractivity contribution in [1.29, 1.82) is 0 Å². The molecule has 3 rings (SSSR count). The Labute approximate surface area is 224 Å². The Morgan fingerprint density at radius 2 is 1.14 bits per heavy atom. The van der Waals surface area contributed by atoms with E-state index in [4.69, 9.17) is 32.7 Å². The highest BCUT2D eigenvalue weighted by Gasteiger charge is 2.23. The summed E-state index contributed by atoms with van der Waals surface area (Å²) in [4.78, 5) is 24.6. The van der Waals surface area contributed by atoms with E-state index in [0.717, 1.165) is 48.3 Å². The highest BCUT2D eigenvalue weighted by molar-refractivity contribution is 6.31. The van der Waals surface area contributed by atoms with Gasteiger partial charge in [-0.2, -0.15) is 0 Å². The zero-order valence-corrected chi connectivity index (χ0v) is 22.6. The molecule has 2 amide bonds. The van der Waals surface area contributed by atoms with Crippen molar-refractivity contribution < 1.29 is 19.1 Å². The van der Waals surface area contributed by atoms with Crippen molar-refractivity contribution in [2.24, 2.45) is 0 Å². The maximum atomic E-state index is 12.3. The maximum absolute atomic E-state index is 12.3. The molecule has 2 aromatic rings. The highest BCUT2D eigenvalue weighted by atomic mass is 35.5. The third-order valence-corrected chi connectivity index (χ3v) is 6.81. The van der Waals surface area contributed by atoms with Crippen LogP contribution in [0.25, 0.3) is 0 Å². The quantitative estimate of drug-likeness (QED) is 0.319. The van der Waals surface area contributed by atoms with Crippen molar-refractivity contribution >= 4 is 35.0 Å². The summed E-state index contributed by atoms with van der Waals surface area (Å²) in [6.45, 7) is 4.87. The molecule has 6 nitrogen and oxygen atoms in total. The van der Waals surface area contributed by atoms with E-state index >= 15 is 0 Å². The number of nitrogens with one attached hydrogen (secondary N) is 2. The second kappa shape index (κ2) is 14.3. The van der Waals surface area contributed by atoms with Crippen LogP contribution in [0.15, 0.2) is 36.4 Å². The number of hydrogen-bond donors (Lipinski definition) is 2. The van der Waals surface area contributed by atoms with Gasteiger partial charge in [0.15, 0.2) is 0 Å². The number of ether oxygens (including phenoxy) is 2. The largest absolute Gasteiger partial charge is 0.493 e. The topological polar surface area (TPSA) is 76.7 Å². The van der Waals surface area contributed by atoms with Crippen LogP contribution < -0.4 is 20.1 Å². The molecule has 8 heteroatoms. The smallest absolute Gasteiger partial charge is 0.220 e. The van der Waals surface area contributed by atoms with E-state index < -0.39 is 0 Å². The van der Waals surface area contributed by atoms with E-state index in [9.17, 15) is 9.59 Å². The number of hydrogen-bond acceptors (Lipinski definition) is 4. The molecule has 0 saturated heterocycles. The third-order valence-electron chi connectivity index (χ3n) is 6.34. The number of carbonyl (C=O) groups excluding carboxylic acids is 2. The van der Waals surface area contributed by atoms with Crippen molar-refractivity contribution in [3.05, 3.63) is 57.6 Å². The number of halogens is 2. The molecule has 0 aliphatic heterocycles. The summed E-state index contributed by atoms with van der Waals surface area (Å²) >= 11 is 11.9. The van der Waals surface area contributed by atoms with Gasteiger partial charge in [-0.1, -0.05) is 23.2 Å². The second-order valence-corrected chi connectivity index (χ2v) is 10.3. The molecule has 1 aliphatic carbocycles. The first-order valence-electron chi connectivity index (χ1n) is 12.7. The average molecular weight is 536 g/mol. The van der Waals surface area contributed by atoms with Gasteiger partial charge in [0, 0.05) is 35.0 Å². The summed E-state index contributed by atoms with van der Waals surface area (Å²) in [5, 5.41) is 7.62. The van der Waals surface area contributed by atoms with E-state index in [2.05, 4.69) is 10.6 Å². The van der Waals surface area contributed by atoms with Gasteiger partial charge >= 0.3 is 0 Å². The first kappa shape index (κ1) is 28.1. The van der Waals surface area contributed by atoms with Gasteiger partial charge in [0.05, 0.1) is 13.2 Å². The van der Waals surface area contributed by atoms with Crippen LogP contribution in [0.4, 0.5) is 0 Å². The van der Waals surface area contributed by atoms with E-state index in [1.807, 2.05) is 38.1 Å². The van der Waals surface area contributed by atoms with Crippen LogP contribution in [0.1, 0.15) is 62.5 Å². The predicted molar refractivity (Wildman–Crippen MR) is 144 cm³/mol. The molecular formula is C28H36Cl2N2O4. The first-order chi connectivity index (χ1) is 17.3. The Hall–Kier alpha value is -2.44. The summed E-state index contributed by atoms with van der Waals surface area (Å²) in [6.07, 6.45) is 5.65. The van der Waals surface area contributed by atoms with Gasteiger partial charge < -0.3 is 20.1 Å². The van der Waals surface area contributed by atoms with Crippen molar-refractivity contribution in [2.45, 2.75) is 77.3 Å². The fourth-order valence-electron chi connectivity index (χ4n) is 4.36. The Morgan fingerprint density at radius 1 is 0.750 bits per heavy atom. The minimum Gasteiger partial charge on any atom is -0.493 e. The third kappa shape index (κ3) is 9.55. The van der Waals surface area contributed by atoms with E-state index in [1.54, 1.807) is 12.1 Å². The molecular weight excluding hydrogens is 499 g/mol. The second-order valence-electron chi connectivity index (χ2n) is 9.41. The molecule has 0 aromatic heterocycles. The summed E-state index contributed by atoms with van der Waals surface area (Å²) in [7, 11) is 0. The first-order valence-corrected chi connectivity index (χ1v) is 13.4. The van der Waals surface area contributed by atoms with Crippen LogP contribution in [0.3, 0.4) is 0 Å². The van der Waals surface area contributed by atoms with Gasteiger partial charge in [0.25, 0.3) is 0 Å². The minimum absolute atomic E-state index is 0.0508. The molecule has 1 saturated carbocycles. The number of amides is 2. The lowest BCUT2D eigenvalue weighted by Crippen LogP contribution is -2.43. The average Bonchev–Trinajstić information content (AvgIpc) is 2.83. The lowest BCUT2D eigenvalue weighted by atomic mass is 9.91. The van der Waals surface area contributed by atoms with Gasteiger partial charge in [0.1, 0.15) is 11.5 Å². The number of rotatable bonds is 12. The Bertz CT molecular complexity index is 941. The normalized spacial score (nSPS) is 17.3. The maximum Gasteiger partial charge on any atom is 0.220 e. The molecule has 2 aromatic carbocycles. The fraction of sp³-hybridized carbons (Fsp3) is 0.500. The van der Waals surface area contributed by atoms with Crippen molar-refractivity contribution in [1.82, 2.24) is 10.6 Å². The molecule has 0 bridgehead atoms. The zero-order chi connectivity index (χ0) is 25.9. The van der Waals surface area contributed by atoms with Crippen molar-refractivity contribution in [2.75, 3.05) is 13.2 Å². The Kier molecular flexibility index (Phi) is 11.2. The standard InChI is InChI=1S/C28H36Cl2N2O4/c1-19-17-21(29)7-13-25(19)35-15-3-5-27(33)31-23-9-11-24(12-10-23)32-28(34)6-4-16-36-26-14-8-22(30)18-20(26)2/h7-8,13-14,17-18,23-24H,3-6,9-12,15-16H2,1-2H3,(H,31,33)(H,32,34). The Balaban J connectivity index is 1.23.